The van der Waals surface area contributed by atoms with Crippen molar-refractivity contribution in [1.82, 2.24) is 0 Å². The summed E-state index contributed by atoms with van der Waals surface area (Å²) in [6.07, 6.45) is 4.38. The number of carbonyl (C=O) groups excluding carboxylic acids is 2. The highest BCUT2D eigenvalue weighted by Gasteiger charge is 2.22. The summed E-state index contributed by atoms with van der Waals surface area (Å²) >= 11 is 0. The Hall–Kier alpha value is -2.82. The van der Waals surface area contributed by atoms with Gasteiger partial charge in [0, 0.05) is 23.1 Å². The van der Waals surface area contributed by atoms with E-state index in [1.165, 1.54) is 24.3 Å². The van der Waals surface area contributed by atoms with Gasteiger partial charge in [0.25, 0.3) is 0 Å². The Morgan fingerprint density at radius 3 is 2.08 bits per heavy atom. The number of ketones is 2. The first-order chi connectivity index (χ1) is 12.5. The van der Waals surface area contributed by atoms with Crippen molar-refractivity contribution in [3.8, 4) is 0 Å². The lowest BCUT2D eigenvalue weighted by Gasteiger charge is -2.16. The number of aryl methyl sites for hydroxylation is 2. The molecule has 0 spiro atoms. The third kappa shape index (κ3) is 3.72. The number of benzene rings is 2. The molecule has 0 amide bonds. The molecular weight excluding hydrogens is 338 g/mol. The minimum Gasteiger partial charge on any atom is -0.515 e. The zero-order valence-electron chi connectivity index (χ0n) is 14.1. The van der Waals surface area contributed by atoms with Crippen molar-refractivity contribution in [3.05, 3.63) is 82.1 Å². The molecule has 0 unspecified atom stereocenters. The molecule has 0 radical (unpaired) electrons. The minimum atomic E-state index is -0.420. The van der Waals surface area contributed by atoms with E-state index in [0.717, 1.165) is 30.2 Å². The van der Waals surface area contributed by atoms with Crippen LogP contribution >= 0.6 is 0 Å². The van der Waals surface area contributed by atoms with Gasteiger partial charge in [0.05, 0.1) is 6.26 Å². The van der Waals surface area contributed by atoms with Crippen LogP contribution in [0.15, 0.2) is 48.2 Å². The highest BCUT2D eigenvalue weighted by atomic mass is 19.1. The van der Waals surface area contributed by atoms with Crippen LogP contribution in [0.25, 0.3) is 0 Å². The first-order valence-corrected chi connectivity index (χ1v) is 8.47. The van der Waals surface area contributed by atoms with Gasteiger partial charge in [0.2, 0.25) is 0 Å². The summed E-state index contributed by atoms with van der Waals surface area (Å²) in [4.78, 5) is 22.9. The molecule has 0 saturated heterocycles. The second kappa shape index (κ2) is 7.60. The van der Waals surface area contributed by atoms with Crippen LogP contribution in [0, 0.1) is 11.6 Å². The smallest absolute Gasteiger partial charge is 0.192 e. The Kier molecular flexibility index (Phi) is 5.26. The van der Waals surface area contributed by atoms with E-state index in [2.05, 4.69) is 0 Å². The van der Waals surface area contributed by atoms with Crippen molar-refractivity contribution in [3.63, 3.8) is 0 Å². The molecular formula is C21H18F2O3. The molecule has 0 aliphatic heterocycles. The van der Waals surface area contributed by atoms with Gasteiger partial charge in [-0.15, -0.1) is 0 Å². The van der Waals surface area contributed by atoms with Gasteiger partial charge in [-0.3, -0.25) is 9.59 Å². The Balaban J connectivity index is 0.000000152. The second-order valence-electron chi connectivity index (χ2n) is 6.36. The molecule has 26 heavy (non-hydrogen) atoms. The monoisotopic (exact) mass is 356 g/mol. The predicted octanol–water partition coefficient (Wildman–Crippen LogP) is 4.74. The average Bonchev–Trinajstić information content (AvgIpc) is 2.64. The van der Waals surface area contributed by atoms with Crippen molar-refractivity contribution in [1.29, 1.82) is 0 Å². The second-order valence-corrected chi connectivity index (χ2v) is 6.36. The van der Waals surface area contributed by atoms with E-state index in [-0.39, 0.29) is 17.4 Å². The molecule has 1 N–H and O–H groups in total. The van der Waals surface area contributed by atoms with E-state index in [1.807, 2.05) is 0 Å². The standard InChI is InChI=1S/C11H9FO2.C10H9FO/c12-9-4-3-7-1-2-8(6-13)11(14)10(7)5-9;11-8-5-4-7-2-1-3-10(12)9(7)6-8/h3-6,13H,1-2H2;4-6H,1-3H2. The molecule has 2 aromatic rings. The van der Waals surface area contributed by atoms with E-state index in [1.54, 1.807) is 12.1 Å². The summed E-state index contributed by atoms with van der Waals surface area (Å²) in [7, 11) is 0. The molecule has 4 rings (SSSR count). The number of carbonyl (C=O) groups is 2. The first-order valence-electron chi connectivity index (χ1n) is 8.47. The van der Waals surface area contributed by atoms with Crippen LogP contribution in [0.3, 0.4) is 0 Å². The van der Waals surface area contributed by atoms with Crippen molar-refractivity contribution in [2.75, 3.05) is 0 Å². The van der Waals surface area contributed by atoms with Gasteiger partial charge in [-0.05, 0) is 61.1 Å². The largest absolute Gasteiger partial charge is 0.515 e. The van der Waals surface area contributed by atoms with Gasteiger partial charge in [-0.2, -0.15) is 0 Å². The zero-order chi connectivity index (χ0) is 18.7. The zero-order valence-corrected chi connectivity index (χ0v) is 14.1. The number of hydrogen-bond acceptors (Lipinski definition) is 3. The molecule has 5 heteroatoms. The highest BCUT2D eigenvalue weighted by Crippen LogP contribution is 2.25. The summed E-state index contributed by atoms with van der Waals surface area (Å²) in [6, 6.07) is 8.66. The lowest BCUT2D eigenvalue weighted by molar-refractivity contribution is 0.0970. The van der Waals surface area contributed by atoms with E-state index >= 15 is 0 Å². The molecule has 3 nitrogen and oxygen atoms in total. The molecule has 0 heterocycles. The molecule has 0 bridgehead atoms. The van der Waals surface area contributed by atoms with Gasteiger partial charge in [-0.1, -0.05) is 12.1 Å². The minimum absolute atomic E-state index is 0.0794. The Bertz CT molecular complexity index is 900. The number of hydrogen-bond donors (Lipinski definition) is 1. The number of fused-ring (bicyclic) bond motifs is 2. The fourth-order valence-electron chi connectivity index (χ4n) is 3.26. The third-order valence-corrected chi connectivity index (χ3v) is 4.65. The maximum absolute atomic E-state index is 12.9. The van der Waals surface area contributed by atoms with Crippen LogP contribution in [0.4, 0.5) is 8.78 Å². The molecule has 0 fully saturated rings. The molecule has 2 aliphatic rings. The first kappa shape index (κ1) is 18.0. The maximum Gasteiger partial charge on any atom is 0.192 e. The molecule has 134 valence electrons. The van der Waals surface area contributed by atoms with Crippen LogP contribution < -0.4 is 0 Å². The van der Waals surface area contributed by atoms with Crippen LogP contribution in [-0.4, -0.2) is 16.7 Å². The van der Waals surface area contributed by atoms with Crippen molar-refractivity contribution in [2.45, 2.75) is 32.1 Å². The van der Waals surface area contributed by atoms with E-state index in [0.29, 0.717) is 36.0 Å². The summed E-state index contributed by atoms with van der Waals surface area (Å²) < 4.78 is 25.6. The van der Waals surface area contributed by atoms with Gasteiger partial charge in [0.15, 0.2) is 11.6 Å². The summed E-state index contributed by atoms with van der Waals surface area (Å²) in [5, 5.41) is 8.78. The number of allylic oxidation sites excluding steroid dienone is 1. The summed E-state index contributed by atoms with van der Waals surface area (Å²) in [5.74, 6) is -0.927. The van der Waals surface area contributed by atoms with Crippen LogP contribution in [-0.2, 0) is 12.8 Å². The van der Waals surface area contributed by atoms with Gasteiger partial charge in [0.1, 0.15) is 11.6 Å². The average molecular weight is 356 g/mol. The lowest BCUT2D eigenvalue weighted by Crippen LogP contribution is -2.14. The number of rotatable bonds is 0. The summed E-state index contributed by atoms with van der Waals surface area (Å²) in [6.45, 7) is 0. The molecule has 0 aromatic heterocycles. The molecule has 2 aliphatic carbocycles. The van der Waals surface area contributed by atoms with E-state index < -0.39 is 5.82 Å². The number of aliphatic hydroxyl groups excluding tert-OH is 1. The number of halogens is 2. The molecule has 2 aromatic carbocycles. The van der Waals surface area contributed by atoms with Gasteiger partial charge >= 0.3 is 0 Å². The topological polar surface area (TPSA) is 54.4 Å². The number of Topliss-reactive ketones (excluding diaryl/α,β-unsaturated/α-hetero) is 2. The van der Waals surface area contributed by atoms with Crippen LogP contribution in [0.2, 0.25) is 0 Å². The quantitative estimate of drug-likeness (QED) is 0.548. The van der Waals surface area contributed by atoms with Gasteiger partial charge < -0.3 is 5.11 Å². The van der Waals surface area contributed by atoms with Crippen molar-refractivity contribution >= 4 is 11.6 Å². The highest BCUT2D eigenvalue weighted by molar-refractivity contribution is 6.10. The molecule has 0 saturated carbocycles. The number of aliphatic hydroxyl groups is 1. The van der Waals surface area contributed by atoms with E-state index in [9.17, 15) is 18.4 Å². The fraction of sp³-hybridized carbons (Fsp3) is 0.238. The third-order valence-electron chi connectivity index (χ3n) is 4.65. The Morgan fingerprint density at radius 2 is 1.42 bits per heavy atom. The SMILES string of the molecule is O=C1C(=CO)CCc2ccc(F)cc21.O=C1CCCc2ccc(F)cc21. The lowest BCUT2D eigenvalue weighted by atomic mass is 9.87. The van der Waals surface area contributed by atoms with Crippen molar-refractivity contribution < 1.29 is 23.5 Å². The van der Waals surface area contributed by atoms with Gasteiger partial charge in [-0.25, -0.2) is 8.78 Å². The normalized spacial score (nSPS) is 17.2. The van der Waals surface area contributed by atoms with E-state index in [4.69, 9.17) is 5.11 Å². The van der Waals surface area contributed by atoms with Crippen molar-refractivity contribution in [2.24, 2.45) is 0 Å². The fourth-order valence-corrected chi connectivity index (χ4v) is 3.26. The Morgan fingerprint density at radius 1 is 0.808 bits per heavy atom. The van der Waals surface area contributed by atoms with Crippen LogP contribution in [0.1, 0.15) is 51.1 Å². The predicted molar refractivity (Wildman–Crippen MR) is 93.4 cm³/mol. The summed E-state index contributed by atoms with van der Waals surface area (Å²) in [5.41, 5.74) is 3.15. The molecule has 0 atom stereocenters. The Labute approximate surface area is 150 Å². The maximum atomic E-state index is 12.9. The van der Waals surface area contributed by atoms with Crippen LogP contribution in [0.5, 0.6) is 0 Å².